The molecule has 0 atom stereocenters. The van der Waals surface area contributed by atoms with Gasteiger partial charge in [0.15, 0.2) is 0 Å². The zero-order chi connectivity index (χ0) is 14.7. The average Bonchev–Trinajstić information content (AvgIpc) is 2.40. The van der Waals surface area contributed by atoms with Crippen LogP contribution in [-0.4, -0.2) is 17.8 Å². The highest BCUT2D eigenvalue weighted by molar-refractivity contribution is 5.95. The van der Waals surface area contributed by atoms with Crippen molar-refractivity contribution in [1.82, 2.24) is 0 Å². The zero-order valence-electron chi connectivity index (χ0n) is 10.6. The summed E-state index contributed by atoms with van der Waals surface area (Å²) in [5.74, 6) is -2.33. The number of pyridine rings is 1. The molecule has 1 aromatic heterocycles. The summed E-state index contributed by atoms with van der Waals surface area (Å²) >= 11 is 0. The van der Waals surface area contributed by atoms with Crippen molar-refractivity contribution in [3.8, 4) is 11.3 Å². The van der Waals surface area contributed by atoms with E-state index in [0.29, 0.717) is 10.8 Å². The summed E-state index contributed by atoms with van der Waals surface area (Å²) in [6.07, 6.45) is 1.24. The van der Waals surface area contributed by atoms with Crippen molar-refractivity contribution in [2.75, 3.05) is 6.61 Å². The van der Waals surface area contributed by atoms with Crippen LogP contribution in [0.2, 0.25) is 0 Å². The maximum Gasteiger partial charge on any atom is 0.345 e. The highest BCUT2D eigenvalue weighted by Crippen LogP contribution is 2.24. The zero-order valence-corrected chi connectivity index (χ0v) is 10.6. The molecule has 0 aliphatic rings. The van der Waals surface area contributed by atoms with Crippen LogP contribution in [0.15, 0.2) is 36.5 Å². The number of carbonyl (C=O) groups is 1. The fourth-order valence-electron chi connectivity index (χ4n) is 1.82. The number of nitrogens with zero attached hydrogens (tertiary/aromatic N) is 1. The predicted molar refractivity (Wildman–Crippen MR) is 65.1 cm³/mol. The Kier molecular flexibility index (Phi) is 3.93. The Bertz CT molecular complexity index is 659. The lowest BCUT2D eigenvalue weighted by molar-refractivity contribution is -0.896. The Labute approximate surface area is 113 Å². The van der Waals surface area contributed by atoms with Gasteiger partial charge in [-0.25, -0.2) is 13.6 Å². The molecule has 0 bridgehead atoms. The molecular formula is C14H12F2NO3+. The molecule has 0 aliphatic carbocycles. The van der Waals surface area contributed by atoms with E-state index in [1.165, 1.54) is 18.3 Å². The van der Waals surface area contributed by atoms with Crippen molar-refractivity contribution in [3.63, 3.8) is 0 Å². The Morgan fingerprint density at radius 1 is 1.35 bits per heavy atom. The van der Waals surface area contributed by atoms with E-state index in [1.807, 2.05) is 0 Å². The number of halogens is 2. The second kappa shape index (κ2) is 5.64. The largest absolute Gasteiger partial charge is 0.462 e. The summed E-state index contributed by atoms with van der Waals surface area (Å²) in [7, 11) is 0. The van der Waals surface area contributed by atoms with Gasteiger partial charge in [-0.05, 0) is 25.1 Å². The minimum atomic E-state index is -0.885. The predicted octanol–water partition coefficient (Wildman–Crippen LogP) is 2.33. The number of carbonyl (C=O) groups excluding carboxylic acids is 1. The maximum absolute atomic E-state index is 13.8. The van der Waals surface area contributed by atoms with Crippen molar-refractivity contribution in [3.05, 3.63) is 53.7 Å². The van der Waals surface area contributed by atoms with E-state index in [4.69, 9.17) is 4.74 Å². The van der Waals surface area contributed by atoms with E-state index in [-0.39, 0.29) is 23.4 Å². The van der Waals surface area contributed by atoms with Gasteiger partial charge in [-0.15, -0.1) is 0 Å². The number of ether oxygens (including phenoxy) is 1. The summed E-state index contributed by atoms with van der Waals surface area (Å²) in [6.45, 7) is 1.77. The molecule has 0 fully saturated rings. The summed E-state index contributed by atoms with van der Waals surface area (Å²) in [6, 6.07) is 5.67. The minimum Gasteiger partial charge on any atom is -0.462 e. The highest BCUT2D eigenvalue weighted by atomic mass is 19.1. The molecular weight excluding hydrogens is 268 g/mol. The topological polar surface area (TPSA) is 50.4 Å². The van der Waals surface area contributed by atoms with Gasteiger partial charge in [0, 0.05) is 16.9 Å². The van der Waals surface area contributed by atoms with Gasteiger partial charge in [-0.1, -0.05) is 0 Å². The lowest BCUT2D eigenvalue weighted by atomic mass is 10.1. The van der Waals surface area contributed by atoms with E-state index >= 15 is 0 Å². The first kappa shape index (κ1) is 13.9. The molecule has 1 N–H and O–H groups in total. The Morgan fingerprint density at radius 3 is 2.75 bits per heavy atom. The third kappa shape index (κ3) is 2.59. The number of hydrogen-bond acceptors (Lipinski definition) is 3. The normalized spacial score (nSPS) is 10.3. The summed E-state index contributed by atoms with van der Waals surface area (Å²) in [5, 5.41) is 9.80. The minimum absolute atomic E-state index is 0.0117. The second-order valence-electron chi connectivity index (χ2n) is 3.96. The maximum atomic E-state index is 13.8. The van der Waals surface area contributed by atoms with Crippen molar-refractivity contribution in [1.29, 1.82) is 0 Å². The van der Waals surface area contributed by atoms with Crippen LogP contribution in [0.4, 0.5) is 8.78 Å². The third-order valence-corrected chi connectivity index (χ3v) is 2.66. The first-order chi connectivity index (χ1) is 9.54. The van der Waals surface area contributed by atoms with Crippen LogP contribution in [0.3, 0.4) is 0 Å². The number of rotatable bonds is 3. The quantitative estimate of drug-likeness (QED) is 0.533. The first-order valence-corrected chi connectivity index (χ1v) is 5.91. The van der Waals surface area contributed by atoms with Crippen molar-refractivity contribution < 1.29 is 28.2 Å². The second-order valence-corrected chi connectivity index (χ2v) is 3.96. The van der Waals surface area contributed by atoms with Crippen LogP contribution >= 0.6 is 0 Å². The molecule has 2 rings (SSSR count). The molecule has 0 unspecified atom stereocenters. The van der Waals surface area contributed by atoms with E-state index in [2.05, 4.69) is 0 Å². The molecule has 6 heteroatoms. The van der Waals surface area contributed by atoms with Crippen molar-refractivity contribution >= 4 is 5.97 Å². The van der Waals surface area contributed by atoms with Gasteiger partial charge in [0.2, 0.25) is 6.20 Å². The van der Waals surface area contributed by atoms with Gasteiger partial charge < -0.3 is 4.74 Å². The number of benzene rings is 1. The van der Waals surface area contributed by atoms with E-state index in [1.54, 1.807) is 6.92 Å². The van der Waals surface area contributed by atoms with Gasteiger partial charge >= 0.3 is 5.97 Å². The molecule has 0 saturated carbocycles. The molecule has 1 aromatic carbocycles. The number of aromatic nitrogens is 1. The molecule has 1 heterocycles. The molecule has 4 nitrogen and oxygen atoms in total. The van der Waals surface area contributed by atoms with Gasteiger partial charge in [0.25, 0.3) is 5.69 Å². The van der Waals surface area contributed by atoms with Gasteiger partial charge in [-0.3, -0.25) is 5.21 Å². The van der Waals surface area contributed by atoms with Crippen LogP contribution in [0.25, 0.3) is 11.3 Å². The first-order valence-electron chi connectivity index (χ1n) is 5.91. The molecule has 104 valence electrons. The smallest absolute Gasteiger partial charge is 0.345 e. The molecule has 20 heavy (non-hydrogen) atoms. The molecule has 0 spiro atoms. The lowest BCUT2D eigenvalue weighted by Crippen LogP contribution is -2.34. The summed E-state index contributed by atoms with van der Waals surface area (Å²) < 4.78 is 32.2. The Hall–Kier alpha value is -2.50. The highest BCUT2D eigenvalue weighted by Gasteiger charge is 2.27. The van der Waals surface area contributed by atoms with Crippen LogP contribution < -0.4 is 4.73 Å². The molecule has 0 radical (unpaired) electrons. The van der Waals surface area contributed by atoms with E-state index in [0.717, 1.165) is 12.1 Å². The number of esters is 1. The average molecular weight is 280 g/mol. The SMILES string of the molecule is CCOC(=O)c1ccc[n+](O)c1-c1ccc(F)cc1F. The van der Waals surface area contributed by atoms with Gasteiger partial charge in [0.1, 0.15) is 17.2 Å². The van der Waals surface area contributed by atoms with Crippen LogP contribution in [0.1, 0.15) is 17.3 Å². The van der Waals surface area contributed by atoms with Crippen LogP contribution in [0, 0.1) is 11.6 Å². The Balaban J connectivity index is 2.63. The van der Waals surface area contributed by atoms with Crippen LogP contribution in [0.5, 0.6) is 0 Å². The standard InChI is InChI=1S/C14H12F2NO3/c1-2-20-14(18)11-4-3-7-17(19)13(11)10-6-5-9(15)8-12(10)16/h3-8,19H,2H2,1H3/q+1. The van der Waals surface area contributed by atoms with Gasteiger partial charge in [-0.2, -0.15) is 0 Å². The Morgan fingerprint density at radius 2 is 2.10 bits per heavy atom. The molecule has 0 aliphatic heterocycles. The molecule has 0 saturated heterocycles. The monoisotopic (exact) mass is 280 g/mol. The van der Waals surface area contributed by atoms with E-state index in [9.17, 15) is 18.8 Å². The number of hydrogen-bond donors (Lipinski definition) is 1. The fraction of sp³-hybridized carbons (Fsp3) is 0.143. The lowest BCUT2D eigenvalue weighted by Gasteiger charge is -2.05. The van der Waals surface area contributed by atoms with E-state index < -0.39 is 17.6 Å². The van der Waals surface area contributed by atoms with Crippen LogP contribution in [-0.2, 0) is 4.74 Å². The van der Waals surface area contributed by atoms with Crippen molar-refractivity contribution in [2.24, 2.45) is 0 Å². The van der Waals surface area contributed by atoms with Gasteiger partial charge in [0.05, 0.1) is 12.2 Å². The molecule has 0 amide bonds. The summed E-state index contributed by atoms with van der Waals surface area (Å²) in [5.41, 5.74) is -0.205. The van der Waals surface area contributed by atoms with Crippen molar-refractivity contribution in [2.45, 2.75) is 6.92 Å². The third-order valence-electron chi connectivity index (χ3n) is 2.66. The summed E-state index contributed by atoms with van der Waals surface area (Å²) in [4.78, 5) is 11.8. The molecule has 2 aromatic rings. The fourth-order valence-corrected chi connectivity index (χ4v) is 1.82.